The molecule has 0 atom stereocenters. The lowest BCUT2D eigenvalue weighted by Crippen LogP contribution is -2.61. The highest BCUT2D eigenvalue weighted by molar-refractivity contribution is 7.00. The predicted molar refractivity (Wildman–Crippen MR) is 569 cm³/mol. The van der Waals surface area contributed by atoms with Crippen molar-refractivity contribution in [3.8, 4) is 78.1 Å². The SMILES string of the molecule is CC(C)(C)c1cc(-c2ccccc2)c(N2c3cc(-n4c5cc(C(C)(C)C)ccc5c5ccc(C(C)(C)C)cc54)ccc3B3c4ccc(-n5c6cc(C(C)(C)C)ccc6c6ccc(C(C)(C)C)cc65)cc4N(c4c(-c5ccccc5)cc(C(C)(C)C)cc4-c4ccccc4)c4cc(-c5cc(-c6ccc7oc8ccccc8c7c6)c6oc7ccccc7c6c5)cc2c43)c(-c2ccccc2)c1. The van der Waals surface area contributed by atoms with E-state index in [-0.39, 0.29) is 39.2 Å². The number of nitrogens with zero attached hydrogens (tertiary/aromatic N) is 4. The first-order chi connectivity index (χ1) is 63.7. The van der Waals surface area contributed by atoms with E-state index in [1.807, 2.05) is 0 Å². The number of benzene rings is 17. The van der Waals surface area contributed by atoms with E-state index in [4.69, 9.17) is 8.83 Å². The molecule has 0 fully saturated rings. The molecule has 133 heavy (non-hydrogen) atoms. The topological polar surface area (TPSA) is 42.6 Å². The summed E-state index contributed by atoms with van der Waals surface area (Å²) < 4.78 is 19.2. The van der Waals surface area contributed by atoms with Crippen molar-refractivity contribution in [3.05, 3.63) is 379 Å². The number of fused-ring (bicyclic) bond motifs is 16. The summed E-state index contributed by atoms with van der Waals surface area (Å²) in [6, 6.07) is 133. The van der Waals surface area contributed by atoms with Crippen LogP contribution < -0.4 is 26.2 Å². The number of anilines is 6. The molecule has 7 heteroatoms. The smallest absolute Gasteiger partial charge is 0.252 e. The van der Waals surface area contributed by atoms with E-state index < -0.39 is 0 Å². The second-order valence-corrected chi connectivity index (χ2v) is 43.7. The molecular formula is C126H111BN4O2. The van der Waals surface area contributed by atoms with Gasteiger partial charge in [0.15, 0.2) is 0 Å². The predicted octanol–water partition coefficient (Wildman–Crippen LogP) is 33.5. The van der Waals surface area contributed by atoms with Gasteiger partial charge in [0.05, 0.1) is 33.4 Å². The van der Waals surface area contributed by atoms with Gasteiger partial charge in [0.2, 0.25) is 0 Å². The van der Waals surface area contributed by atoms with Crippen LogP contribution >= 0.6 is 0 Å². The molecule has 17 aromatic carbocycles. The average Bonchev–Trinajstić information content (AvgIpc) is 0.886. The number of para-hydroxylation sites is 2. The minimum Gasteiger partial charge on any atom is -0.456 e. The van der Waals surface area contributed by atoms with Gasteiger partial charge in [-0.1, -0.05) is 349 Å². The largest absolute Gasteiger partial charge is 0.456 e. The Balaban J connectivity index is 0.939. The van der Waals surface area contributed by atoms with Crippen molar-refractivity contribution in [1.82, 2.24) is 9.13 Å². The monoisotopic (exact) mass is 1720 g/mol. The van der Waals surface area contributed by atoms with Gasteiger partial charge < -0.3 is 27.8 Å². The van der Waals surface area contributed by atoms with Crippen molar-refractivity contribution in [2.24, 2.45) is 0 Å². The van der Waals surface area contributed by atoms with Crippen LogP contribution in [-0.2, 0) is 32.5 Å². The van der Waals surface area contributed by atoms with E-state index in [1.54, 1.807) is 0 Å². The minimum absolute atomic E-state index is 0.149. The molecule has 0 bridgehead atoms. The van der Waals surface area contributed by atoms with Crippen LogP contribution in [0, 0.1) is 0 Å². The van der Waals surface area contributed by atoms with Crippen molar-refractivity contribution in [1.29, 1.82) is 0 Å². The third-order valence-corrected chi connectivity index (χ3v) is 28.8. The molecule has 2 aliphatic heterocycles. The summed E-state index contributed by atoms with van der Waals surface area (Å²) in [6.45, 7) is 42.0. The molecule has 0 spiro atoms. The molecule has 0 N–H and O–H groups in total. The molecule has 21 aromatic rings. The van der Waals surface area contributed by atoms with E-state index in [9.17, 15) is 0 Å². The van der Waals surface area contributed by atoms with Crippen molar-refractivity contribution in [2.45, 2.75) is 157 Å². The maximum atomic E-state index is 7.32. The molecule has 650 valence electrons. The van der Waals surface area contributed by atoms with E-state index >= 15 is 0 Å². The van der Waals surface area contributed by atoms with Gasteiger partial charge in [-0.05, 0) is 243 Å². The molecule has 4 aromatic heterocycles. The number of furan rings is 2. The molecule has 0 amide bonds. The fourth-order valence-electron chi connectivity index (χ4n) is 21.4. The highest BCUT2D eigenvalue weighted by Gasteiger charge is 2.47. The first-order valence-electron chi connectivity index (χ1n) is 47.4. The Hall–Kier alpha value is -14.4. The van der Waals surface area contributed by atoms with Crippen molar-refractivity contribution < 1.29 is 8.83 Å². The third-order valence-electron chi connectivity index (χ3n) is 28.8. The summed E-state index contributed by atoms with van der Waals surface area (Å²) in [7, 11) is 0. The molecule has 6 nitrogen and oxygen atoms in total. The van der Waals surface area contributed by atoms with Gasteiger partial charge in [-0.3, -0.25) is 0 Å². The maximum absolute atomic E-state index is 7.32. The maximum Gasteiger partial charge on any atom is 0.252 e. The van der Waals surface area contributed by atoms with E-state index in [0.717, 1.165) is 156 Å². The van der Waals surface area contributed by atoms with Gasteiger partial charge in [-0.2, -0.15) is 0 Å². The number of hydrogen-bond donors (Lipinski definition) is 0. The average molecular weight is 1720 g/mol. The molecule has 0 aliphatic carbocycles. The van der Waals surface area contributed by atoms with Crippen molar-refractivity contribution >= 4 is 145 Å². The van der Waals surface area contributed by atoms with Gasteiger partial charge in [-0.15, -0.1) is 0 Å². The number of aromatic nitrogens is 2. The van der Waals surface area contributed by atoms with Gasteiger partial charge in [-0.25, -0.2) is 0 Å². The molecule has 0 radical (unpaired) electrons. The molecule has 23 rings (SSSR count). The van der Waals surface area contributed by atoms with Crippen LogP contribution in [0.2, 0.25) is 0 Å². The lowest BCUT2D eigenvalue weighted by molar-refractivity contribution is 0.590. The summed E-state index contributed by atoms with van der Waals surface area (Å²) >= 11 is 0. The van der Waals surface area contributed by atoms with Crippen LogP contribution in [0.5, 0.6) is 0 Å². The molecule has 0 unspecified atom stereocenters. The molecular weight excluding hydrogens is 1610 g/mol. The fraction of sp³-hybridized carbons (Fsp3) is 0.190. The van der Waals surface area contributed by atoms with Crippen molar-refractivity contribution in [3.63, 3.8) is 0 Å². The van der Waals surface area contributed by atoms with Gasteiger partial charge in [0, 0.05) is 105 Å². The zero-order chi connectivity index (χ0) is 91.6. The van der Waals surface area contributed by atoms with Crippen LogP contribution in [0.15, 0.2) is 355 Å². The Morgan fingerprint density at radius 2 is 0.534 bits per heavy atom. The second kappa shape index (κ2) is 30.1. The molecule has 0 saturated heterocycles. The summed E-state index contributed by atoms with van der Waals surface area (Å²) in [4.78, 5) is 5.53. The van der Waals surface area contributed by atoms with Crippen LogP contribution in [0.4, 0.5) is 34.1 Å². The Labute approximate surface area is 781 Å². The summed E-state index contributed by atoms with van der Waals surface area (Å²) in [5.74, 6) is 0. The minimum atomic E-state index is -0.383. The van der Waals surface area contributed by atoms with Crippen LogP contribution in [0.25, 0.3) is 166 Å². The molecule has 6 heterocycles. The summed E-state index contributed by atoms with van der Waals surface area (Å²) in [6.07, 6.45) is 0. The highest BCUT2D eigenvalue weighted by atomic mass is 16.3. The molecule has 0 saturated carbocycles. The Morgan fingerprint density at radius 1 is 0.211 bits per heavy atom. The lowest BCUT2D eigenvalue weighted by atomic mass is 9.33. The summed E-state index contributed by atoms with van der Waals surface area (Å²) in [5, 5.41) is 9.07. The lowest BCUT2D eigenvalue weighted by Gasteiger charge is -2.46. The van der Waals surface area contributed by atoms with Crippen LogP contribution in [0.3, 0.4) is 0 Å². The Kier molecular flexibility index (Phi) is 18.8. The second-order valence-electron chi connectivity index (χ2n) is 43.7. The summed E-state index contributed by atoms with van der Waals surface area (Å²) in [5.41, 5.74) is 39.7. The van der Waals surface area contributed by atoms with E-state index in [1.165, 1.54) is 93.4 Å². The standard InChI is InChI=1S/C126H111BN4O2/c1-121(2,3)83-48-54-91-92-55-49-84(122(4,5)6)71-107(92)128(106(91)70-83)89-52-58-104-110(74-89)130(118-97(76-35-23-19-24-36-76)66-87(125(13,14)15)67-98(118)77-37-25-20-26-38-77)112-64-82(81-62-101(120-103(63-81)96-44-32-34-46-115(96)133-120)80-47-60-116-102(61-80)95-43-31-33-45-114(95)132-116)65-113-117(112)127(104)105-59-53-90(129-108-72-85(123(7,8)9)50-56-93(108)94-57-51-86(73-109(94)129)124(10,11)12)75-111(105)131(113)119-99(78-39-27-21-28-40-78)68-88(126(16,17)18)69-100(119)79-41-29-22-30-42-79/h19-75H,1-18H3. The van der Waals surface area contributed by atoms with Crippen molar-refractivity contribution in [2.75, 3.05) is 9.80 Å². The molecule has 2 aliphatic rings. The first-order valence-corrected chi connectivity index (χ1v) is 47.4. The fourth-order valence-corrected chi connectivity index (χ4v) is 21.4. The Bertz CT molecular complexity index is 7730. The quantitative estimate of drug-likeness (QED) is 0.128. The van der Waals surface area contributed by atoms with Gasteiger partial charge >= 0.3 is 0 Å². The Morgan fingerprint density at radius 3 is 0.902 bits per heavy atom. The van der Waals surface area contributed by atoms with E-state index in [2.05, 4.69) is 489 Å². The third kappa shape index (κ3) is 13.7. The first kappa shape index (κ1) is 83.0. The van der Waals surface area contributed by atoms with Gasteiger partial charge in [0.1, 0.15) is 22.3 Å². The normalized spacial score (nSPS) is 13.3. The van der Waals surface area contributed by atoms with Gasteiger partial charge in [0.25, 0.3) is 6.71 Å². The zero-order valence-corrected chi connectivity index (χ0v) is 79.6. The van der Waals surface area contributed by atoms with Crippen LogP contribution in [0.1, 0.15) is 158 Å². The number of rotatable bonds is 10. The highest BCUT2D eigenvalue weighted by Crippen LogP contribution is 2.58. The van der Waals surface area contributed by atoms with E-state index in [0.29, 0.717) is 0 Å². The number of hydrogen-bond acceptors (Lipinski definition) is 4. The van der Waals surface area contributed by atoms with Crippen LogP contribution in [-0.4, -0.2) is 15.8 Å². The zero-order valence-electron chi connectivity index (χ0n) is 79.6.